The van der Waals surface area contributed by atoms with E-state index in [1.165, 1.54) is 24.5 Å². The highest BCUT2D eigenvalue weighted by molar-refractivity contribution is 6.12. The van der Waals surface area contributed by atoms with Crippen LogP contribution in [-0.2, 0) is 0 Å². The molecule has 1 aliphatic rings. The van der Waals surface area contributed by atoms with Gasteiger partial charge in [0.15, 0.2) is 11.6 Å². The van der Waals surface area contributed by atoms with Crippen LogP contribution in [0.15, 0.2) is 52.5 Å². The lowest BCUT2D eigenvalue weighted by Crippen LogP contribution is -2.32. The number of benzene rings is 1. The summed E-state index contributed by atoms with van der Waals surface area (Å²) < 4.78 is 32.0. The fourth-order valence-electron chi connectivity index (χ4n) is 5.28. The summed E-state index contributed by atoms with van der Waals surface area (Å²) in [5.41, 5.74) is 2.32. The van der Waals surface area contributed by atoms with Gasteiger partial charge in [-0.05, 0) is 96.1 Å². The average Bonchev–Trinajstić information content (AvgIpc) is 3.23. The number of piperidine rings is 1. The molecule has 1 atom stereocenters. The molecule has 0 spiro atoms. The second kappa shape index (κ2) is 11.9. The van der Waals surface area contributed by atoms with E-state index in [-0.39, 0.29) is 23.9 Å². The Kier molecular flexibility index (Phi) is 8.66. The van der Waals surface area contributed by atoms with Crippen LogP contribution in [0.3, 0.4) is 0 Å². The van der Waals surface area contributed by atoms with Gasteiger partial charge in [-0.1, -0.05) is 13.0 Å². The number of hydrogen-bond donors (Lipinski definition) is 1. The van der Waals surface area contributed by atoms with E-state index in [0.29, 0.717) is 34.6 Å². The summed E-state index contributed by atoms with van der Waals surface area (Å²) in [5.74, 6) is 1.18. The van der Waals surface area contributed by atoms with Crippen LogP contribution < -0.4 is 5.32 Å². The number of halogens is 2. The molecule has 9 heteroatoms. The van der Waals surface area contributed by atoms with Crippen molar-refractivity contribution in [1.29, 1.82) is 0 Å². The summed E-state index contributed by atoms with van der Waals surface area (Å²) >= 11 is 0. The lowest BCUT2D eigenvalue weighted by atomic mass is 9.82. The molecule has 38 heavy (non-hydrogen) atoms. The molecule has 0 saturated carbocycles. The van der Waals surface area contributed by atoms with Gasteiger partial charge in [-0.2, -0.15) is 0 Å². The summed E-state index contributed by atoms with van der Waals surface area (Å²) in [7, 11) is 2.17. The maximum atomic E-state index is 15.0. The van der Waals surface area contributed by atoms with Crippen LogP contribution in [0.2, 0.25) is 0 Å². The van der Waals surface area contributed by atoms with Crippen molar-refractivity contribution >= 4 is 29.3 Å². The minimum atomic E-state index is -0.705. The molecule has 0 bridgehead atoms. The predicted octanol–water partition coefficient (Wildman–Crippen LogP) is 6.28. The van der Waals surface area contributed by atoms with Gasteiger partial charge in [-0.15, -0.1) is 0 Å². The van der Waals surface area contributed by atoms with E-state index in [2.05, 4.69) is 56.9 Å². The Hall–Kier alpha value is -3.46. The third kappa shape index (κ3) is 5.99. The first-order valence-electron chi connectivity index (χ1n) is 13.1. The number of hydrogen-bond acceptors (Lipinski definition) is 6. The van der Waals surface area contributed by atoms with E-state index in [4.69, 9.17) is 0 Å². The first-order chi connectivity index (χ1) is 18.2. The number of aryl methyl sites for hydroxylation is 1. The van der Waals surface area contributed by atoms with Gasteiger partial charge >= 0.3 is 0 Å². The van der Waals surface area contributed by atoms with Gasteiger partial charge in [0.25, 0.3) is 0 Å². The van der Waals surface area contributed by atoms with Crippen molar-refractivity contribution in [3.05, 3.63) is 65.3 Å². The number of aliphatic imine (C=N–C) groups is 2. The standard InChI is InChI=1S/C29H37F2N7/c1-18(2)38-20(4)36-29-24(30)13-23(14-26(29)38)28(25(31)16-32-5)35-17-34-27-8-7-22(15-33-27)19(3)21-9-11-37(6)12-10-21/h7-8,13-16,18-19,21H,5,9-12,17H2,1-4,6H3,(H,33,34)/b25-16+,35-28?. The van der Waals surface area contributed by atoms with Crippen molar-refractivity contribution in [2.45, 2.75) is 52.5 Å². The average molecular weight is 522 g/mol. The molecule has 1 saturated heterocycles. The largest absolute Gasteiger partial charge is 0.351 e. The summed E-state index contributed by atoms with van der Waals surface area (Å²) in [5, 5.41) is 3.12. The zero-order valence-electron chi connectivity index (χ0n) is 22.9. The Labute approximate surface area is 223 Å². The quantitative estimate of drug-likeness (QED) is 0.337. The Morgan fingerprint density at radius 3 is 2.61 bits per heavy atom. The first kappa shape index (κ1) is 27.6. The molecule has 202 valence electrons. The summed E-state index contributed by atoms with van der Waals surface area (Å²) in [6, 6.07) is 7.04. The van der Waals surface area contributed by atoms with Crippen LogP contribution in [-0.4, -0.2) is 58.7 Å². The number of imidazole rings is 1. The summed E-state index contributed by atoms with van der Waals surface area (Å²) in [6.45, 7) is 13.7. The highest BCUT2D eigenvalue weighted by Gasteiger charge is 2.23. The zero-order chi connectivity index (χ0) is 27.4. The van der Waals surface area contributed by atoms with Crippen LogP contribution in [0, 0.1) is 18.7 Å². The molecule has 0 aliphatic carbocycles. The normalized spacial score (nSPS) is 16.8. The van der Waals surface area contributed by atoms with Gasteiger partial charge in [0.1, 0.15) is 29.5 Å². The molecule has 1 aliphatic heterocycles. The Morgan fingerprint density at radius 2 is 1.97 bits per heavy atom. The molecule has 1 unspecified atom stereocenters. The number of anilines is 1. The molecule has 7 nitrogen and oxygen atoms in total. The minimum absolute atomic E-state index is 0.0210. The first-order valence-corrected chi connectivity index (χ1v) is 13.1. The molecule has 3 aromatic rings. The van der Waals surface area contributed by atoms with Crippen LogP contribution in [0.1, 0.15) is 62.5 Å². The van der Waals surface area contributed by atoms with Gasteiger partial charge in [0.05, 0.1) is 11.7 Å². The fourth-order valence-corrected chi connectivity index (χ4v) is 5.28. The predicted molar refractivity (Wildman–Crippen MR) is 151 cm³/mol. The number of rotatable bonds is 9. The number of likely N-dealkylation sites (tertiary alicyclic amines) is 1. The number of fused-ring (bicyclic) bond motifs is 1. The number of allylic oxidation sites excluding steroid dienone is 1. The SMILES string of the molecule is C=N/C=C(/F)C(=NCNc1ccc(C(C)C2CCN(C)CC2)cn1)c1cc(F)c2nc(C)n(C(C)C)c2c1. The van der Waals surface area contributed by atoms with Crippen LogP contribution in [0.4, 0.5) is 14.6 Å². The molecule has 0 amide bonds. The van der Waals surface area contributed by atoms with Crippen molar-refractivity contribution in [2.24, 2.45) is 15.9 Å². The molecule has 1 fully saturated rings. The van der Waals surface area contributed by atoms with E-state index < -0.39 is 11.6 Å². The Bertz CT molecular complexity index is 1330. The second-order valence-electron chi connectivity index (χ2n) is 10.4. The van der Waals surface area contributed by atoms with Crippen molar-refractivity contribution in [1.82, 2.24) is 19.4 Å². The highest BCUT2D eigenvalue weighted by atomic mass is 19.1. The van der Waals surface area contributed by atoms with Gasteiger partial charge < -0.3 is 14.8 Å². The second-order valence-corrected chi connectivity index (χ2v) is 10.4. The van der Waals surface area contributed by atoms with E-state index >= 15 is 8.78 Å². The van der Waals surface area contributed by atoms with Crippen molar-refractivity contribution < 1.29 is 8.78 Å². The van der Waals surface area contributed by atoms with E-state index in [9.17, 15) is 0 Å². The maximum absolute atomic E-state index is 15.0. The van der Waals surface area contributed by atoms with Gasteiger partial charge in [-0.3, -0.25) is 9.98 Å². The Morgan fingerprint density at radius 1 is 1.24 bits per heavy atom. The smallest absolute Gasteiger partial charge is 0.167 e. The third-order valence-corrected chi connectivity index (χ3v) is 7.43. The number of nitrogens with zero attached hydrogens (tertiary/aromatic N) is 6. The lowest BCUT2D eigenvalue weighted by molar-refractivity contribution is 0.202. The maximum Gasteiger partial charge on any atom is 0.167 e. The van der Waals surface area contributed by atoms with E-state index in [0.717, 1.165) is 19.3 Å². The molecular weight excluding hydrogens is 484 g/mol. The molecule has 1 N–H and O–H groups in total. The number of aromatic nitrogens is 3. The Balaban J connectivity index is 1.54. The monoisotopic (exact) mass is 521 g/mol. The summed E-state index contributed by atoms with van der Waals surface area (Å²) in [4.78, 5) is 19.2. The highest BCUT2D eigenvalue weighted by Crippen LogP contribution is 2.32. The van der Waals surface area contributed by atoms with Crippen LogP contribution >= 0.6 is 0 Å². The molecule has 2 aromatic heterocycles. The van der Waals surface area contributed by atoms with E-state index in [1.807, 2.05) is 37.6 Å². The lowest BCUT2D eigenvalue weighted by Gasteiger charge is -2.32. The molecule has 0 radical (unpaired) electrons. The minimum Gasteiger partial charge on any atom is -0.351 e. The van der Waals surface area contributed by atoms with Crippen molar-refractivity contribution in [3.63, 3.8) is 0 Å². The number of pyridine rings is 1. The summed E-state index contributed by atoms with van der Waals surface area (Å²) in [6.07, 6.45) is 5.26. The van der Waals surface area contributed by atoms with E-state index in [1.54, 1.807) is 6.07 Å². The van der Waals surface area contributed by atoms with Gasteiger partial charge in [-0.25, -0.2) is 18.7 Å². The molecule has 4 rings (SSSR count). The third-order valence-electron chi connectivity index (χ3n) is 7.43. The molecular formula is C29H37F2N7. The number of nitrogens with one attached hydrogen (secondary N) is 1. The van der Waals surface area contributed by atoms with Crippen molar-refractivity contribution in [2.75, 3.05) is 32.1 Å². The molecule has 1 aromatic carbocycles. The van der Waals surface area contributed by atoms with Gasteiger partial charge in [0, 0.05) is 17.8 Å². The molecule has 3 heterocycles. The topological polar surface area (TPSA) is 70.7 Å². The fraction of sp³-hybridized carbons (Fsp3) is 0.448. The van der Waals surface area contributed by atoms with Gasteiger partial charge in [0.2, 0.25) is 0 Å². The van der Waals surface area contributed by atoms with Crippen molar-refractivity contribution in [3.8, 4) is 0 Å². The zero-order valence-corrected chi connectivity index (χ0v) is 22.9. The van der Waals surface area contributed by atoms with Crippen LogP contribution in [0.25, 0.3) is 11.0 Å². The van der Waals surface area contributed by atoms with Crippen LogP contribution in [0.5, 0.6) is 0 Å².